The smallest absolute Gasteiger partial charge is 0.266 e. The van der Waals surface area contributed by atoms with Gasteiger partial charge < -0.3 is 0 Å². The van der Waals surface area contributed by atoms with E-state index in [0.717, 1.165) is 15.9 Å². The Labute approximate surface area is 87.3 Å². The van der Waals surface area contributed by atoms with Crippen LogP contribution in [0.15, 0.2) is 10.9 Å². The average molecular weight is 290 g/mol. The first-order valence-corrected chi connectivity index (χ1v) is 4.93. The van der Waals surface area contributed by atoms with Gasteiger partial charge in [0.15, 0.2) is 5.82 Å². The zero-order valence-electron chi connectivity index (χ0n) is 6.91. The fraction of sp³-hybridized carbons (Fsp3) is 0.286. The zero-order chi connectivity index (χ0) is 9.42. The van der Waals surface area contributed by atoms with Crippen LogP contribution >= 0.6 is 22.6 Å². The molecule has 2 heterocycles. The van der Waals surface area contributed by atoms with Crippen LogP contribution in [0.1, 0.15) is 12.7 Å². The van der Waals surface area contributed by atoms with E-state index in [1.165, 1.54) is 0 Å². The SMILES string of the molecule is CCc1n[nH]c(=O)c2cc(I)nn12. The molecule has 0 saturated carbocycles. The molecule has 0 radical (unpaired) electrons. The van der Waals surface area contributed by atoms with Gasteiger partial charge in [0.2, 0.25) is 0 Å². The molecule has 1 N–H and O–H groups in total. The molecule has 0 amide bonds. The van der Waals surface area contributed by atoms with E-state index in [-0.39, 0.29) is 5.56 Å². The molecule has 0 unspecified atom stereocenters. The molecule has 0 saturated heterocycles. The van der Waals surface area contributed by atoms with E-state index in [4.69, 9.17) is 0 Å². The Balaban J connectivity index is 2.92. The van der Waals surface area contributed by atoms with E-state index in [0.29, 0.717) is 5.52 Å². The summed E-state index contributed by atoms with van der Waals surface area (Å²) < 4.78 is 2.38. The number of hydrogen-bond acceptors (Lipinski definition) is 3. The van der Waals surface area contributed by atoms with Crippen molar-refractivity contribution in [2.24, 2.45) is 0 Å². The van der Waals surface area contributed by atoms with Crippen molar-refractivity contribution in [1.29, 1.82) is 0 Å². The van der Waals surface area contributed by atoms with E-state index in [1.807, 2.05) is 6.92 Å². The molecule has 0 atom stereocenters. The Morgan fingerprint density at radius 1 is 1.69 bits per heavy atom. The minimum absolute atomic E-state index is 0.201. The summed E-state index contributed by atoms with van der Waals surface area (Å²) in [5, 5.41) is 10.5. The van der Waals surface area contributed by atoms with Gasteiger partial charge in [-0.25, -0.2) is 9.61 Å². The standard InChI is InChI=1S/C7H7IN4O/c1-2-6-9-10-7(13)4-3-5(8)11-12(4)6/h3H,2H2,1H3,(H,10,13). The maximum atomic E-state index is 11.3. The number of nitrogens with zero attached hydrogens (tertiary/aromatic N) is 3. The molecule has 13 heavy (non-hydrogen) atoms. The third kappa shape index (κ3) is 1.34. The summed E-state index contributed by atoms with van der Waals surface area (Å²) in [6, 6.07) is 1.74. The highest BCUT2D eigenvalue weighted by atomic mass is 127. The van der Waals surface area contributed by atoms with Crippen molar-refractivity contribution in [3.05, 3.63) is 25.9 Å². The van der Waals surface area contributed by atoms with Crippen LogP contribution < -0.4 is 5.56 Å². The van der Waals surface area contributed by atoms with Crippen molar-refractivity contribution in [3.8, 4) is 0 Å². The maximum absolute atomic E-state index is 11.3. The van der Waals surface area contributed by atoms with Crippen LogP contribution in [0.4, 0.5) is 0 Å². The predicted octanol–water partition coefficient (Wildman–Crippen LogP) is 0.585. The highest BCUT2D eigenvalue weighted by Crippen LogP contribution is 2.05. The van der Waals surface area contributed by atoms with E-state index in [1.54, 1.807) is 10.6 Å². The highest BCUT2D eigenvalue weighted by molar-refractivity contribution is 14.1. The number of halogens is 1. The summed E-state index contributed by atoms with van der Waals surface area (Å²) in [5.41, 5.74) is 0.351. The third-order valence-electron chi connectivity index (χ3n) is 1.76. The second-order valence-corrected chi connectivity index (χ2v) is 3.69. The van der Waals surface area contributed by atoms with E-state index in [9.17, 15) is 4.79 Å². The number of aromatic nitrogens is 4. The van der Waals surface area contributed by atoms with Crippen LogP contribution in [0.25, 0.3) is 5.52 Å². The topological polar surface area (TPSA) is 63.0 Å². The van der Waals surface area contributed by atoms with E-state index >= 15 is 0 Å². The molecule has 0 aliphatic rings. The first-order chi connectivity index (χ1) is 6.22. The molecule has 2 aromatic heterocycles. The monoisotopic (exact) mass is 290 g/mol. The Bertz CT molecular complexity index is 501. The quantitative estimate of drug-likeness (QED) is 0.782. The Hall–Kier alpha value is -0.920. The fourth-order valence-electron chi connectivity index (χ4n) is 1.16. The molecule has 6 heteroatoms. The fourth-order valence-corrected chi connectivity index (χ4v) is 1.67. The number of hydrogen-bond donors (Lipinski definition) is 1. The van der Waals surface area contributed by atoms with E-state index in [2.05, 4.69) is 37.9 Å². The van der Waals surface area contributed by atoms with Crippen molar-refractivity contribution in [2.75, 3.05) is 0 Å². The normalized spacial score (nSPS) is 10.9. The number of fused-ring (bicyclic) bond motifs is 1. The Kier molecular flexibility index (Phi) is 2.06. The van der Waals surface area contributed by atoms with Crippen molar-refractivity contribution >= 4 is 28.1 Å². The van der Waals surface area contributed by atoms with Crippen LogP contribution in [-0.2, 0) is 6.42 Å². The van der Waals surface area contributed by atoms with Gasteiger partial charge in [-0.15, -0.1) is 0 Å². The second kappa shape index (κ2) is 3.09. The number of aryl methyl sites for hydroxylation is 1. The van der Waals surface area contributed by atoms with Crippen LogP contribution in [0.3, 0.4) is 0 Å². The lowest BCUT2D eigenvalue weighted by atomic mass is 10.4. The summed E-state index contributed by atoms with van der Waals surface area (Å²) in [5.74, 6) is 0.762. The van der Waals surface area contributed by atoms with E-state index < -0.39 is 0 Å². The molecule has 0 bridgehead atoms. The molecular weight excluding hydrogens is 283 g/mol. The van der Waals surface area contributed by atoms with Gasteiger partial charge in [-0.05, 0) is 22.6 Å². The van der Waals surface area contributed by atoms with Gasteiger partial charge in [0.1, 0.15) is 9.22 Å². The first kappa shape index (κ1) is 8.67. The van der Waals surface area contributed by atoms with Gasteiger partial charge in [-0.2, -0.15) is 10.2 Å². The maximum Gasteiger partial charge on any atom is 0.290 e. The van der Waals surface area contributed by atoms with Gasteiger partial charge in [0.25, 0.3) is 5.56 Å². The summed E-state index contributed by atoms with van der Waals surface area (Å²) >= 11 is 2.07. The molecular formula is C7H7IN4O. The lowest BCUT2D eigenvalue weighted by Gasteiger charge is -1.97. The first-order valence-electron chi connectivity index (χ1n) is 3.85. The molecule has 0 aromatic carbocycles. The van der Waals surface area contributed by atoms with Crippen LogP contribution in [-0.4, -0.2) is 19.8 Å². The summed E-state index contributed by atoms with van der Waals surface area (Å²) in [6.45, 7) is 1.97. The molecule has 68 valence electrons. The van der Waals surface area contributed by atoms with Crippen molar-refractivity contribution in [1.82, 2.24) is 19.8 Å². The predicted molar refractivity (Wildman–Crippen MR) is 55.7 cm³/mol. The Morgan fingerprint density at radius 3 is 3.15 bits per heavy atom. The van der Waals surface area contributed by atoms with Gasteiger partial charge >= 0.3 is 0 Å². The Morgan fingerprint density at radius 2 is 2.46 bits per heavy atom. The summed E-state index contributed by atoms with van der Waals surface area (Å²) in [6.07, 6.45) is 0.741. The van der Waals surface area contributed by atoms with Crippen molar-refractivity contribution in [3.63, 3.8) is 0 Å². The third-order valence-corrected chi connectivity index (χ3v) is 2.29. The number of H-pyrrole nitrogens is 1. The van der Waals surface area contributed by atoms with Gasteiger partial charge in [-0.3, -0.25) is 4.79 Å². The van der Waals surface area contributed by atoms with Gasteiger partial charge in [0.05, 0.1) is 0 Å². The lowest BCUT2D eigenvalue weighted by Crippen LogP contribution is -2.15. The molecule has 5 nitrogen and oxygen atoms in total. The number of nitrogens with one attached hydrogen (secondary N) is 1. The molecule has 0 aliphatic carbocycles. The highest BCUT2D eigenvalue weighted by Gasteiger charge is 2.06. The number of aromatic amines is 1. The molecule has 0 spiro atoms. The molecule has 2 aromatic rings. The van der Waals surface area contributed by atoms with Crippen LogP contribution in [0.5, 0.6) is 0 Å². The van der Waals surface area contributed by atoms with Crippen LogP contribution in [0.2, 0.25) is 0 Å². The van der Waals surface area contributed by atoms with Gasteiger partial charge in [-0.1, -0.05) is 6.92 Å². The molecule has 0 fully saturated rings. The van der Waals surface area contributed by atoms with Crippen molar-refractivity contribution < 1.29 is 0 Å². The summed E-state index contributed by atoms with van der Waals surface area (Å²) in [7, 11) is 0. The largest absolute Gasteiger partial charge is 0.290 e. The van der Waals surface area contributed by atoms with Gasteiger partial charge in [0, 0.05) is 12.5 Å². The van der Waals surface area contributed by atoms with Crippen LogP contribution in [0, 0.1) is 3.70 Å². The lowest BCUT2D eigenvalue weighted by molar-refractivity contribution is 0.749. The molecule has 0 aliphatic heterocycles. The zero-order valence-corrected chi connectivity index (χ0v) is 9.07. The minimum Gasteiger partial charge on any atom is -0.266 e. The average Bonchev–Trinajstić information content (AvgIpc) is 2.48. The molecule has 2 rings (SSSR count). The van der Waals surface area contributed by atoms with Crippen molar-refractivity contribution in [2.45, 2.75) is 13.3 Å². The summed E-state index contributed by atoms with van der Waals surface area (Å²) in [4.78, 5) is 11.3. The number of rotatable bonds is 1. The minimum atomic E-state index is -0.201. The second-order valence-electron chi connectivity index (χ2n) is 2.59.